The molecule has 0 saturated carbocycles. The van der Waals surface area contributed by atoms with Crippen LogP contribution in [0.25, 0.3) is 10.2 Å². The first-order valence-electron chi connectivity index (χ1n) is 8.36. The number of thioether (sulfide) groups is 1. The number of rotatable bonds is 7. The van der Waals surface area contributed by atoms with Gasteiger partial charge in [0.25, 0.3) is 0 Å². The summed E-state index contributed by atoms with van der Waals surface area (Å²) in [6.07, 6.45) is 1.86. The Bertz CT molecular complexity index is 715. The Labute approximate surface area is 151 Å². The topological polar surface area (TPSA) is 56.3 Å². The molecule has 3 rings (SSSR count). The lowest BCUT2D eigenvalue weighted by atomic mass is 9.94. The average molecular weight is 368 g/mol. The average Bonchev–Trinajstić information content (AvgIpc) is 2.88. The van der Waals surface area contributed by atoms with Crippen molar-refractivity contribution >= 4 is 39.1 Å². The number of nitrogens with zero attached hydrogens (tertiary/aromatic N) is 2. The fourth-order valence-electron chi connectivity index (χ4n) is 2.87. The SMILES string of the molecule is CCSc1nc(NCCCOC)c2c3c(sc2n1)COC(C)(C)C3. The van der Waals surface area contributed by atoms with Crippen LogP contribution in [0.5, 0.6) is 0 Å². The largest absolute Gasteiger partial charge is 0.385 e. The molecule has 3 heterocycles. The molecule has 2 aromatic heterocycles. The summed E-state index contributed by atoms with van der Waals surface area (Å²) in [5.41, 5.74) is 1.22. The van der Waals surface area contributed by atoms with Gasteiger partial charge in [-0.05, 0) is 31.6 Å². The lowest BCUT2D eigenvalue weighted by Gasteiger charge is -2.30. The zero-order valence-corrected chi connectivity index (χ0v) is 16.4. The molecular formula is C17H25N3O2S2. The molecule has 0 fully saturated rings. The van der Waals surface area contributed by atoms with Gasteiger partial charge in [-0.3, -0.25) is 0 Å². The van der Waals surface area contributed by atoms with E-state index in [1.54, 1.807) is 30.2 Å². The molecule has 24 heavy (non-hydrogen) atoms. The van der Waals surface area contributed by atoms with Gasteiger partial charge in [0.15, 0.2) is 5.16 Å². The molecule has 0 unspecified atom stereocenters. The van der Waals surface area contributed by atoms with Crippen LogP contribution in [0.4, 0.5) is 5.82 Å². The molecule has 0 bridgehead atoms. The maximum absolute atomic E-state index is 5.97. The van der Waals surface area contributed by atoms with Gasteiger partial charge in [0.1, 0.15) is 10.6 Å². The Hall–Kier alpha value is -0.890. The first kappa shape index (κ1) is 17.9. The summed E-state index contributed by atoms with van der Waals surface area (Å²) in [7, 11) is 1.73. The molecule has 0 amide bonds. The maximum atomic E-state index is 5.97. The third kappa shape index (κ3) is 3.85. The van der Waals surface area contributed by atoms with Crippen molar-refractivity contribution in [3.63, 3.8) is 0 Å². The van der Waals surface area contributed by atoms with Crippen molar-refractivity contribution in [1.29, 1.82) is 0 Å². The summed E-state index contributed by atoms with van der Waals surface area (Å²) >= 11 is 3.43. The summed E-state index contributed by atoms with van der Waals surface area (Å²) in [6.45, 7) is 8.68. The van der Waals surface area contributed by atoms with E-state index < -0.39 is 0 Å². The minimum absolute atomic E-state index is 0.134. The number of methoxy groups -OCH3 is 1. The van der Waals surface area contributed by atoms with Gasteiger partial charge in [-0.15, -0.1) is 11.3 Å². The number of nitrogens with one attached hydrogen (secondary N) is 1. The smallest absolute Gasteiger partial charge is 0.190 e. The van der Waals surface area contributed by atoms with Gasteiger partial charge in [-0.1, -0.05) is 18.7 Å². The van der Waals surface area contributed by atoms with Crippen LogP contribution in [0.15, 0.2) is 5.16 Å². The molecule has 5 nitrogen and oxygen atoms in total. The molecule has 0 radical (unpaired) electrons. The Kier molecular flexibility index (Phi) is 5.64. The van der Waals surface area contributed by atoms with E-state index in [0.717, 1.165) is 47.6 Å². The van der Waals surface area contributed by atoms with Crippen molar-refractivity contribution in [2.75, 3.05) is 31.3 Å². The van der Waals surface area contributed by atoms with Gasteiger partial charge in [-0.2, -0.15) is 0 Å². The molecule has 2 aromatic rings. The minimum atomic E-state index is -0.134. The normalized spacial score (nSPS) is 16.3. The molecule has 132 valence electrons. The first-order chi connectivity index (χ1) is 11.5. The molecule has 0 aliphatic carbocycles. The predicted octanol–water partition coefficient (Wildman–Crippen LogP) is 4.10. The van der Waals surface area contributed by atoms with Gasteiger partial charge < -0.3 is 14.8 Å². The Balaban J connectivity index is 2.00. The second-order valence-electron chi connectivity index (χ2n) is 6.47. The van der Waals surface area contributed by atoms with Gasteiger partial charge in [0.2, 0.25) is 0 Å². The highest BCUT2D eigenvalue weighted by Crippen LogP contribution is 2.41. The van der Waals surface area contributed by atoms with Crippen LogP contribution >= 0.6 is 23.1 Å². The quantitative estimate of drug-likeness (QED) is 0.452. The maximum Gasteiger partial charge on any atom is 0.190 e. The van der Waals surface area contributed by atoms with Crippen molar-refractivity contribution in [3.8, 4) is 0 Å². The zero-order valence-electron chi connectivity index (χ0n) is 14.8. The number of fused-ring (bicyclic) bond motifs is 3. The monoisotopic (exact) mass is 367 g/mol. The summed E-state index contributed by atoms with van der Waals surface area (Å²) < 4.78 is 11.1. The van der Waals surface area contributed by atoms with Gasteiger partial charge >= 0.3 is 0 Å². The van der Waals surface area contributed by atoms with Crippen LogP contribution in [0.1, 0.15) is 37.6 Å². The standard InChI is InChI=1S/C17H25N3O2S2/c1-5-23-16-19-14(18-7-6-8-21-4)13-11-9-17(2,3)22-10-12(11)24-15(13)20-16/h5-10H2,1-4H3,(H,18,19,20). The summed E-state index contributed by atoms with van der Waals surface area (Å²) in [4.78, 5) is 11.9. The van der Waals surface area contributed by atoms with Crippen LogP contribution in [-0.4, -0.2) is 41.6 Å². The minimum Gasteiger partial charge on any atom is -0.385 e. The van der Waals surface area contributed by atoms with E-state index in [1.807, 2.05) is 0 Å². The molecule has 0 aromatic carbocycles. The van der Waals surface area contributed by atoms with Crippen molar-refractivity contribution in [1.82, 2.24) is 9.97 Å². The molecular weight excluding hydrogens is 342 g/mol. The van der Waals surface area contributed by atoms with Crippen LogP contribution in [-0.2, 0) is 22.5 Å². The summed E-state index contributed by atoms with van der Waals surface area (Å²) in [6, 6.07) is 0. The lowest BCUT2D eigenvalue weighted by Crippen LogP contribution is -2.31. The molecule has 0 atom stereocenters. The molecule has 0 spiro atoms. The number of ether oxygens (including phenoxy) is 2. The number of thiophene rings is 1. The first-order valence-corrected chi connectivity index (χ1v) is 10.2. The van der Waals surface area contributed by atoms with Crippen molar-refractivity contribution < 1.29 is 9.47 Å². The van der Waals surface area contributed by atoms with E-state index in [-0.39, 0.29) is 5.60 Å². The summed E-state index contributed by atoms with van der Waals surface area (Å²) in [5, 5.41) is 5.54. The molecule has 1 aliphatic heterocycles. The van der Waals surface area contributed by atoms with E-state index in [9.17, 15) is 0 Å². The summed E-state index contributed by atoms with van der Waals surface area (Å²) in [5.74, 6) is 1.93. The second-order valence-corrected chi connectivity index (χ2v) is 8.78. The Morgan fingerprint density at radius 2 is 2.21 bits per heavy atom. The van der Waals surface area contributed by atoms with E-state index in [1.165, 1.54) is 15.8 Å². The zero-order chi connectivity index (χ0) is 17.2. The molecule has 1 aliphatic rings. The molecule has 7 heteroatoms. The number of hydrogen-bond acceptors (Lipinski definition) is 7. The Morgan fingerprint density at radius 1 is 1.38 bits per heavy atom. The van der Waals surface area contributed by atoms with Crippen LogP contribution in [0.2, 0.25) is 0 Å². The van der Waals surface area contributed by atoms with Gasteiger partial charge in [0.05, 0.1) is 17.6 Å². The fourth-order valence-corrected chi connectivity index (χ4v) is 4.60. The highest BCUT2D eigenvalue weighted by atomic mass is 32.2. The predicted molar refractivity (Wildman–Crippen MR) is 101 cm³/mol. The number of hydrogen-bond donors (Lipinski definition) is 1. The van der Waals surface area contributed by atoms with Crippen molar-refractivity contribution in [2.45, 2.75) is 51.0 Å². The van der Waals surface area contributed by atoms with Gasteiger partial charge in [0, 0.05) is 31.6 Å². The van der Waals surface area contributed by atoms with E-state index >= 15 is 0 Å². The van der Waals surface area contributed by atoms with Crippen LogP contribution < -0.4 is 5.32 Å². The van der Waals surface area contributed by atoms with Gasteiger partial charge in [-0.25, -0.2) is 9.97 Å². The fraction of sp³-hybridized carbons (Fsp3) is 0.647. The number of anilines is 1. The molecule has 0 saturated heterocycles. The highest BCUT2D eigenvalue weighted by Gasteiger charge is 2.31. The Morgan fingerprint density at radius 3 is 2.96 bits per heavy atom. The van der Waals surface area contributed by atoms with Crippen LogP contribution in [0, 0.1) is 0 Å². The van der Waals surface area contributed by atoms with Crippen molar-refractivity contribution in [3.05, 3.63) is 10.4 Å². The third-order valence-electron chi connectivity index (χ3n) is 4.00. The van der Waals surface area contributed by atoms with E-state index in [0.29, 0.717) is 6.61 Å². The second kappa shape index (κ2) is 7.56. The van der Waals surface area contributed by atoms with Crippen molar-refractivity contribution in [2.24, 2.45) is 0 Å². The third-order valence-corrected chi connectivity index (χ3v) is 5.83. The van der Waals surface area contributed by atoms with Crippen LogP contribution in [0.3, 0.4) is 0 Å². The van der Waals surface area contributed by atoms with E-state index in [2.05, 4.69) is 26.1 Å². The lowest BCUT2D eigenvalue weighted by molar-refractivity contribution is -0.0379. The highest BCUT2D eigenvalue weighted by molar-refractivity contribution is 7.99. The number of aromatic nitrogens is 2. The van der Waals surface area contributed by atoms with E-state index in [4.69, 9.17) is 19.4 Å². The molecule has 1 N–H and O–H groups in total.